The highest BCUT2D eigenvalue weighted by atomic mass is 16.6. The molecule has 0 unspecified atom stereocenters. The average molecular weight is 289 g/mol. The number of ether oxygens (including phenoxy) is 1. The van der Waals surface area contributed by atoms with Gasteiger partial charge in [0.1, 0.15) is 6.61 Å². The molecule has 1 amide bonds. The van der Waals surface area contributed by atoms with Crippen molar-refractivity contribution in [1.82, 2.24) is 15.5 Å². The number of carbonyl (C=O) groups is 1. The first kappa shape index (κ1) is 14.4. The van der Waals surface area contributed by atoms with Gasteiger partial charge < -0.3 is 15.4 Å². The number of hydrogen-bond donors (Lipinski definition) is 2. The van der Waals surface area contributed by atoms with Crippen LogP contribution in [0.5, 0.6) is 0 Å². The van der Waals surface area contributed by atoms with E-state index in [0.29, 0.717) is 6.61 Å². The molecular formula is C16H23N3O2. The number of nitrogens with zero attached hydrogens (tertiary/aromatic N) is 1. The highest BCUT2D eigenvalue weighted by molar-refractivity contribution is 5.69. The van der Waals surface area contributed by atoms with Crippen LogP contribution in [0.15, 0.2) is 30.3 Å². The lowest BCUT2D eigenvalue weighted by atomic mass is 9.85. The molecule has 0 aromatic heterocycles. The fourth-order valence-electron chi connectivity index (χ4n) is 3.27. The number of piperazine rings is 1. The Bertz CT molecular complexity index is 463. The van der Waals surface area contributed by atoms with Crippen LogP contribution in [-0.2, 0) is 11.3 Å². The molecule has 0 saturated carbocycles. The number of nitrogens with one attached hydrogen (secondary N) is 2. The van der Waals surface area contributed by atoms with Gasteiger partial charge in [0, 0.05) is 19.6 Å². The van der Waals surface area contributed by atoms with Crippen molar-refractivity contribution in [2.75, 3.05) is 32.7 Å². The van der Waals surface area contributed by atoms with Gasteiger partial charge in [0.2, 0.25) is 0 Å². The normalized spacial score (nSPS) is 21.2. The van der Waals surface area contributed by atoms with E-state index in [1.54, 1.807) is 0 Å². The summed E-state index contributed by atoms with van der Waals surface area (Å²) in [7, 11) is 0. The van der Waals surface area contributed by atoms with Crippen LogP contribution in [0.1, 0.15) is 18.4 Å². The highest BCUT2D eigenvalue weighted by Gasteiger charge is 2.43. The number of piperidine rings is 1. The largest absolute Gasteiger partial charge is 0.445 e. The summed E-state index contributed by atoms with van der Waals surface area (Å²) in [5, 5.41) is 6.79. The third kappa shape index (κ3) is 3.19. The zero-order chi connectivity index (χ0) is 14.5. The smallest absolute Gasteiger partial charge is 0.410 e. The second kappa shape index (κ2) is 6.45. The number of carbonyl (C=O) groups excluding carboxylic acids is 1. The number of hydrogen-bond acceptors (Lipinski definition) is 4. The van der Waals surface area contributed by atoms with E-state index < -0.39 is 0 Å². The number of benzene rings is 1. The first-order valence-corrected chi connectivity index (χ1v) is 7.70. The standard InChI is InChI=1S/C16H23N3O2/c20-15(21-12-14-4-2-1-3-5-14)19-11-10-18-13-16(19)6-8-17-9-7-16/h1-5,17-18H,6-13H2. The molecule has 5 heteroatoms. The monoisotopic (exact) mass is 289 g/mol. The molecule has 2 heterocycles. The fourth-order valence-corrected chi connectivity index (χ4v) is 3.27. The van der Waals surface area contributed by atoms with E-state index in [0.717, 1.165) is 51.1 Å². The van der Waals surface area contributed by atoms with Gasteiger partial charge in [0.25, 0.3) is 0 Å². The van der Waals surface area contributed by atoms with E-state index >= 15 is 0 Å². The molecule has 114 valence electrons. The van der Waals surface area contributed by atoms with Gasteiger partial charge in [-0.15, -0.1) is 0 Å². The maximum atomic E-state index is 12.5. The lowest BCUT2D eigenvalue weighted by Crippen LogP contribution is -2.66. The SMILES string of the molecule is O=C(OCc1ccccc1)N1CCNCC12CCNCC2. The van der Waals surface area contributed by atoms with Crippen LogP contribution < -0.4 is 10.6 Å². The zero-order valence-corrected chi connectivity index (χ0v) is 12.3. The molecule has 1 aromatic rings. The molecule has 5 nitrogen and oxygen atoms in total. The second-order valence-electron chi connectivity index (χ2n) is 5.84. The van der Waals surface area contributed by atoms with E-state index in [1.807, 2.05) is 35.2 Å². The van der Waals surface area contributed by atoms with Gasteiger partial charge in [-0.3, -0.25) is 4.90 Å². The predicted octanol–water partition coefficient (Wildman–Crippen LogP) is 1.35. The fraction of sp³-hybridized carbons (Fsp3) is 0.562. The Hall–Kier alpha value is -1.59. The summed E-state index contributed by atoms with van der Waals surface area (Å²) in [6.45, 7) is 4.71. The molecule has 2 aliphatic heterocycles. The summed E-state index contributed by atoms with van der Waals surface area (Å²) in [6.07, 6.45) is 1.79. The zero-order valence-electron chi connectivity index (χ0n) is 12.3. The molecule has 3 rings (SSSR count). The minimum atomic E-state index is -0.178. The Labute approximate surface area is 125 Å². The van der Waals surface area contributed by atoms with Crippen molar-refractivity contribution in [3.05, 3.63) is 35.9 Å². The van der Waals surface area contributed by atoms with E-state index in [2.05, 4.69) is 10.6 Å². The maximum absolute atomic E-state index is 12.5. The van der Waals surface area contributed by atoms with Gasteiger partial charge in [-0.2, -0.15) is 0 Å². The Morgan fingerprint density at radius 2 is 1.90 bits per heavy atom. The molecule has 2 aliphatic rings. The first-order valence-electron chi connectivity index (χ1n) is 7.70. The van der Waals surface area contributed by atoms with Crippen molar-refractivity contribution in [2.45, 2.75) is 25.0 Å². The molecule has 21 heavy (non-hydrogen) atoms. The Balaban J connectivity index is 1.64. The summed E-state index contributed by atoms with van der Waals surface area (Å²) >= 11 is 0. The average Bonchev–Trinajstić information content (AvgIpc) is 2.55. The molecule has 2 N–H and O–H groups in total. The van der Waals surface area contributed by atoms with Crippen molar-refractivity contribution in [2.24, 2.45) is 0 Å². The van der Waals surface area contributed by atoms with Crippen LogP contribution in [-0.4, -0.2) is 49.3 Å². The molecule has 1 aromatic carbocycles. The van der Waals surface area contributed by atoms with Gasteiger partial charge in [0.05, 0.1) is 5.54 Å². The van der Waals surface area contributed by atoms with Gasteiger partial charge in [-0.1, -0.05) is 30.3 Å². The molecular weight excluding hydrogens is 266 g/mol. The minimum absolute atomic E-state index is 0.0722. The van der Waals surface area contributed by atoms with Crippen LogP contribution >= 0.6 is 0 Å². The summed E-state index contributed by atoms with van der Waals surface area (Å²) in [5.41, 5.74) is 0.956. The lowest BCUT2D eigenvalue weighted by Gasteiger charge is -2.49. The van der Waals surface area contributed by atoms with Crippen LogP contribution in [0.2, 0.25) is 0 Å². The predicted molar refractivity (Wildman–Crippen MR) is 81.0 cm³/mol. The van der Waals surface area contributed by atoms with Gasteiger partial charge >= 0.3 is 6.09 Å². The van der Waals surface area contributed by atoms with E-state index in [1.165, 1.54) is 0 Å². The molecule has 0 bridgehead atoms. The highest BCUT2D eigenvalue weighted by Crippen LogP contribution is 2.28. The van der Waals surface area contributed by atoms with Crippen molar-refractivity contribution < 1.29 is 9.53 Å². The quantitative estimate of drug-likeness (QED) is 0.863. The minimum Gasteiger partial charge on any atom is -0.445 e. The van der Waals surface area contributed by atoms with Crippen LogP contribution in [0, 0.1) is 0 Å². The topological polar surface area (TPSA) is 53.6 Å². The van der Waals surface area contributed by atoms with E-state index in [9.17, 15) is 4.79 Å². The summed E-state index contributed by atoms with van der Waals surface area (Å²) < 4.78 is 5.53. The Morgan fingerprint density at radius 1 is 1.14 bits per heavy atom. The van der Waals surface area contributed by atoms with Gasteiger partial charge in [0.15, 0.2) is 0 Å². The molecule has 0 radical (unpaired) electrons. The summed E-state index contributed by atoms with van der Waals surface area (Å²) in [6, 6.07) is 9.84. The van der Waals surface area contributed by atoms with Crippen LogP contribution in [0.3, 0.4) is 0 Å². The van der Waals surface area contributed by atoms with Crippen LogP contribution in [0.4, 0.5) is 4.79 Å². The molecule has 1 spiro atoms. The van der Waals surface area contributed by atoms with Gasteiger partial charge in [-0.25, -0.2) is 4.79 Å². The van der Waals surface area contributed by atoms with Crippen LogP contribution in [0.25, 0.3) is 0 Å². The Morgan fingerprint density at radius 3 is 2.67 bits per heavy atom. The molecule has 0 aliphatic carbocycles. The summed E-state index contributed by atoms with van der Waals surface area (Å²) in [4.78, 5) is 14.5. The number of rotatable bonds is 2. The Kier molecular flexibility index (Phi) is 4.41. The van der Waals surface area contributed by atoms with Crippen molar-refractivity contribution in [3.8, 4) is 0 Å². The lowest BCUT2D eigenvalue weighted by molar-refractivity contribution is 0.0160. The van der Waals surface area contributed by atoms with Crippen molar-refractivity contribution >= 4 is 6.09 Å². The molecule has 0 atom stereocenters. The number of amides is 1. The molecule has 2 saturated heterocycles. The van der Waals surface area contributed by atoms with E-state index in [4.69, 9.17) is 4.74 Å². The molecule has 2 fully saturated rings. The van der Waals surface area contributed by atoms with E-state index in [-0.39, 0.29) is 11.6 Å². The third-order valence-corrected chi connectivity index (χ3v) is 4.50. The summed E-state index contributed by atoms with van der Waals surface area (Å²) in [5.74, 6) is 0. The first-order chi connectivity index (χ1) is 10.3. The van der Waals surface area contributed by atoms with Crippen molar-refractivity contribution in [3.63, 3.8) is 0 Å². The third-order valence-electron chi connectivity index (χ3n) is 4.50. The van der Waals surface area contributed by atoms with Crippen molar-refractivity contribution in [1.29, 1.82) is 0 Å². The second-order valence-corrected chi connectivity index (χ2v) is 5.84. The van der Waals surface area contributed by atoms with Gasteiger partial charge in [-0.05, 0) is 31.5 Å². The maximum Gasteiger partial charge on any atom is 0.410 e.